The van der Waals surface area contributed by atoms with Crippen LogP contribution in [0.2, 0.25) is 4.97 Å². The first-order chi connectivity index (χ1) is 5.35. The predicted octanol–water partition coefficient (Wildman–Crippen LogP) is 2.68. The molecule has 0 amide bonds. The summed E-state index contributed by atoms with van der Waals surface area (Å²) in [5.74, 6) is 0. The van der Waals surface area contributed by atoms with E-state index in [1.54, 1.807) is 0 Å². The van der Waals surface area contributed by atoms with Crippen molar-refractivity contribution in [3.63, 3.8) is 0 Å². The summed E-state index contributed by atoms with van der Waals surface area (Å²) in [5.41, 5.74) is 0. The van der Waals surface area contributed by atoms with Crippen LogP contribution in [0, 0.1) is 0 Å². The third-order valence-corrected chi connectivity index (χ3v) is 4.54. The van der Waals surface area contributed by atoms with Crippen molar-refractivity contribution >= 4 is 20.9 Å². The Bertz CT molecular complexity index is 72.0. The van der Waals surface area contributed by atoms with Gasteiger partial charge in [0.05, 0.1) is 0 Å². The Morgan fingerprint density at radius 2 is 2.00 bits per heavy atom. The fourth-order valence-electron chi connectivity index (χ4n) is 1.07. The Labute approximate surface area is 81.0 Å². The van der Waals surface area contributed by atoms with E-state index in [-0.39, 0.29) is 20.9 Å². The normalized spacial score (nSPS) is 13.4. The number of unbranched alkanes of at least 4 members (excludes halogenated alkanes) is 3. The summed E-state index contributed by atoms with van der Waals surface area (Å²) in [6.07, 6.45) is 6.78. The van der Waals surface area contributed by atoms with E-state index in [4.69, 9.17) is 4.74 Å². The van der Waals surface area contributed by atoms with Crippen LogP contribution in [0.3, 0.4) is 0 Å². The molecule has 0 rings (SSSR count). The molecule has 0 aliphatic rings. The van der Waals surface area contributed by atoms with Crippen molar-refractivity contribution in [2.45, 2.75) is 48.2 Å². The molecule has 1 unspecified atom stereocenters. The second-order valence-electron chi connectivity index (χ2n) is 2.75. The average Bonchev–Trinajstić information content (AvgIpc) is 2.05. The van der Waals surface area contributed by atoms with Gasteiger partial charge in [-0.25, -0.2) is 0 Å². The third kappa shape index (κ3) is 7.12. The first-order valence-electron chi connectivity index (χ1n) is 4.40. The molecule has 68 valence electrons. The number of rotatable bonds is 7. The van der Waals surface area contributed by atoms with Crippen LogP contribution in [0.4, 0.5) is 0 Å². The van der Waals surface area contributed by atoms with E-state index in [1.807, 2.05) is 7.11 Å². The minimum absolute atomic E-state index is 0.141. The molecule has 0 aromatic carbocycles. The molecule has 0 fully saturated rings. The molecule has 1 nitrogen and oxygen atoms in total. The summed E-state index contributed by atoms with van der Waals surface area (Å²) in [4.78, 5) is 2.32. The molecule has 0 bridgehead atoms. The summed E-state index contributed by atoms with van der Waals surface area (Å²) in [6, 6.07) is 0. The zero-order valence-electron chi connectivity index (χ0n) is 7.93. The van der Waals surface area contributed by atoms with Gasteiger partial charge in [-0.05, 0) is 0 Å². The van der Waals surface area contributed by atoms with Crippen LogP contribution in [0.1, 0.15) is 39.0 Å². The number of methoxy groups -OCH3 is 1. The molecule has 0 saturated heterocycles. The van der Waals surface area contributed by atoms with Crippen LogP contribution < -0.4 is 0 Å². The Morgan fingerprint density at radius 3 is 2.45 bits per heavy atom. The monoisotopic (exact) mass is 274 g/mol. The summed E-state index contributed by atoms with van der Waals surface area (Å²) in [7, 11) is 1.85. The van der Waals surface area contributed by atoms with Crippen molar-refractivity contribution in [2.24, 2.45) is 0 Å². The molecule has 0 heterocycles. The Balaban J connectivity index is 3.07. The predicted molar refractivity (Wildman–Crippen MR) is 51.2 cm³/mol. The first kappa shape index (κ1) is 11.7. The Kier molecular flexibility index (Phi) is 9.45. The molecule has 1 atom stereocenters. The van der Waals surface area contributed by atoms with Gasteiger partial charge >= 0.3 is 80.9 Å². The first-order valence-corrected chi connectivity index (χ1v) is 8.08. The van der Waals surface area contributed by atoms with Crippen molar-refractivity contribution < 1.29 is 4.74 Å². The van der Waals surface area contributed by atoms with E-state index >= 15 is 0 Å². The number of ether oxygens (including phenoxy) is 1. The summed E-state index contributed by atoms with van der Waals surface area (Å²) in [5, 5.41) is 0. The van der Waals surface area contributed by atoms with Crippen LogP contribution in [-0.2, 0) is 4.74 Å². The van der Waals surface area contributed by atoms with E-state index < -0.39 is 0 Å². The van der Waals surface area contributed by atoms with E-state index in [2.05, 4.69) is 11.9 Å². The van der Waals surface area contributed by atoms with Gasteiger partial charge in [-0.2, -0.15) is 0 Å². The molecule has 0 spiro atoms. The van der Waals surface area contributed by atoms with Crippen molar-refractivity contribution in [3.05, 3.63) is 0 Å². The molecule has 2 heteroatoms. The Hall–Kier alpha value is 0.750. The summed E-state index contributed by atoms with van der Waals surface area (Å²) in [6.45, 7) is 2.25. The van der Waals surface area contributed by atoms with Gasteiger partial charge in [-0.15, -0.1) is 0 Å². The molecule has 0 saturated carbocycles. The second kappa shape index (κ2) is 8.84. The molecule has 0 aromatic rings. The van der Waals surface area contributed by atoms with Crippen molar-refractivity contribution in [1.29, 1.82) is 0 Å². The fraction of sp³-hybridized carbons (Fsp3) is 1.00. The van der Waals surface area contributed by atoms with Gasteiger partial charge in [0.25, 0.3) is 0 Å². The van der Waals surface area contributed by atoms with Gasteiger partial charge in [0.1, 0.15) is 0 Å². The van der Waals surface area contributed by atoms with Crippen LogP contribution in [0.25, 0.3) is 0 Å². The molecular weight excluding hydrogens is 252 g/mol. The molecule has 0 aliphatic heterocycles. The van der Waals surface area contributed by atoms with E-state index in [0.717, 1.165) is 0 Å². The van der Waals surface area contributed by atoms with E-state index in [1.165, 1.54) is 32.1 Å². The third-order valence-electron chi connectivity index (χ3n) is 1.82. The second-order valence-corrected chi connectivity index (χ2v) is 5.60. The number of hydrogen-bond donors (Lipinski definition) is 0. The summed E-state index contributed by atoms with van der Waals surface area (Å²) < 4.78 is 5.97. The molecule has 11 heavy (non-hydrogen) atoms. The Morgan fingerprint density at radius 1 is 1.27 bits per heavy atom. The zero-order valence-corrected chi connectivity index (χ0v) is 10.3. The standard InChI is InChI=1S/C9H20OTe/c1-4-5-6-7-8-9(10-2)11-3/h9H,4-8H2,1-3H3. The van der Waals surface area contributed by atoms with Gasteiger partial charge in [-0.3, -0.25) is 0 Å². The fourth-order valence-corrected chi connectivity index (χ4v) is 2.77. The molecule has 0 aliphatic carbocycles. The van der Waals surface area contributed by atoms with Crippen LogP contribution in [0.15, 0.2) is 0 Å². The molecule has 0 aromatic heterocycles. The van der Waals surface area contributed by atoms with Gasteiger partial charge in [0.2, 0.25) is 0 Å². The SMILES string of the molecule is CCCCCCC(OC)[Te]C. The minimum atomic E-state index is 0.141. The maximum atomic E-state index is 5.34. The zero-order chi connectivity index (χ0) is 8.53. The van der Waals surface area contributed by atoms with Crippen LogP contribution in [0.5, 0.6) is 0 Å². The quantitative estimate of drug-likeness (QED) is 0.511. The number of hydrogen-bond acceptors (Lipinski definition) is 1. The van der Waals surface area contributed by atoms with Crippen LogP contribution in [-0.4, -0.2) is 32.2 Å². The van der Waals surface area contributed by atoms with E-state index in [9.17, 15) is 0 Å². The van der Waals surface area contributed by atoms with Crippen molar-refractivity contribution in [2.75, 3.05) is 7.11 Å². The van der Waals surface area contributed by atoms with Crippen molar-refractivity contribution in [3.8, 4) is 0 Å². The molecule has 0 N–H and O–H groups in total. The van der Waals surface area contributed by atoms with Crippen LogP contribution >= 0.6 is 0 Å². The van der Waals surface area contributed by atoms with Gasteiger partial charge in [-0.1, -0.05) is 0 Å². The molecule has 0 radical (unpaired) electrons. The molecular formula is C9H20OTe. The maximum absolute atomic E-state index is 5.34. The van der Waals surface area contributed by atoms with Crippen molar-refractivity contribution in [1.82, 2.24) is 0 Å². The van der Waals surface area contributed by atoms with Gasteiger partial charge in [0.15, 0.2) is 0 Å². The van der Waals surface area contributed by atoms with E-state index in [0.29, 0.717) is 4.15 Å². The van der Waals surface area contributed by atoms with Gasteiger partial charge in [0, 0.05) is 0 Å². The summed E-state index contributed by atoms with van der Waals surface area (Å²) >= 11 is 0.141. The van der Waals surface area contributed by atoms with Gasteiger partial charge < -0.3 is 0 Å². The topological polar surface area (TPSA) is 9.23 Å². The average molecular weight is 272 g/mol.